The van der Waals surface area contributed by atoms with Crippen LogP contribution < -0.4 is 15.5 Å². The van der Waals surface area contributed by atoms with Crippen LogP contribution in [0.25, 0.3) is 0 Å². The monoisotopic (exact) mass is 487 g/mol. The molecule has 9 heteroatoms. The smallest absolute Gasteiger partial charge is 0.191 e. The van der Waals surface area contributed by atoms with E-state index in [1.54, 1.807) is 17.8 Å². The number of piperidine rings is 1. The molecule has 1 unspecified atom stereocenters. The van der Waals surface area contributed by atoms with Crippen molar-refractivity contribution in [3.05, 3.63) is 41.7 Å². The third-order valence-corrected chi connectivity index (χ3v) is 4.70. The topological polar surface area (TPSA) is 70.4 Å². The van der Waals surface area contributed by atoms with E-state index in [-0.39, 0.29) is 35.8 Å². The van der Waals surface area contributed by atoms with Crippen LogP contribution in [0, 0.1) is 12.7 Å². The normalized spacial score (nSPS) is 17.4. The Hall–Kier alpha value is -1.91. The van der Waals surface area contributed by atoms with Crippen molar-refractivity contribution in [2.24, 2.45) is 12.0 Å². The molecule has 0 bridgehead atoms. The molecule has 0 amide bonds. The second kappa shape index (κ2) is 9.86. The molecule has 0 aliphatic carbocycles. The number of nitrogens with one attached hydrogen (secondary N) is 2. The average Bonchev–Trinajstić information content (AvgIpc) is 3.04. The number of aliphatic imine (C=N–C) groups is 1. The van der Waals surface area contributed by atoms with E-state index < -0.39 is 0 Å². The van der Waals surface area contributed by atoms with Crippen LogP contribution in [-0.4, -0.2) is 46.9 Å². The van der Waals surface area contributed by atoms with Crippen LogP contribution in [0.5, 0.6) is 0 Å². The first kappa shape index (κ1) is 21.4. The molecule has 2 aromatic rings. The van der Waals surface area contributed by atoms with Crippen LogP contribution in [0.3, 0.4) is 0 Å². The van der Waals surface area contributed by atoms with Crippen LogP contribution in [0.15, 0.2) is 29.5 Å². The SMILES string of the molecule is CN=C(NCc1ncnn1C)NC1CCCN(c2ccc(F)cc2C)C1.I. The molecule has 1 aliphatic rings. The van der Waals surface area contributed by atoms with Crippen LogP contribution >= 0.6 is 24.0 Å². The Morgan fingerprint density at radius 1 is 1.41 bits per heavy atom. The number of anilines is 1. The first-order valence-electron chi connectivity index (χ1n) is 8.88. The van der Waals surface area contributed by atoms with E-state index in [4.69, 9.17) is 0 Å². The number of aromatic nitrogens is 3. The minimum Gasteiger partial charge on any atom is -0.369 e. The van der Waals surface area contributed by atoms with Gasteiger partial charge in [0, 0.05) is 38.9 Å². The zero-order valence-corrected chi connectivity index (χ0v) is 18.3. The number of hydrogen-bond donors (Lipinski definition) is 2. The molecule has 0 radical (unpaired) electrons. The highest BCUT2D eigenvalue weighted by atomic mass is 127. The first-order valence-corrected chi connectivity index (χ1v) is 8.88. The Balaban J connectivity index is 0.00000261. The molecule has 1 saturated heterocycles. The lowest BCUT2D eigenvalue weighted by molar-refractivity contribution is 0.467. The molecule has 2 heterocycles. The molecule has 1 aromatic heterocycles. The Morgan fingerprint density at radius 2 is 2.22 bits per heavy atom. The summed E-state index contributed by atoms with van der Waals surface area (Å²) in [5.74, 6) is 1.40. The number of aryl methyl sites for hydroxylation is 2. The summed E-state index contributed by atoms with van der Waals surface area (Å²) in [6, 6.07) is 5.27. The van der Waals surface area contributed by atoms with E-state index in [1.807, 2.05) is 20.0 Å². The first-order chi connectivity index (χ1) is 12.6. The van der Waals surface area contributed by atoms with Crippen LogP contribution in [0.4, 0.5) is 10.1 Å². The maximum Gasteiger partial charge on any atom is 0.191 e. The van der Waals surface area contributed by atoms with Crippen LogP contribution in [0.1, 0.15) is 24.2 Å². The number of guanidine groups is 1. The third kappa shape index (κ3) is 5.53. The van der Waals surface area contributed by atoms with Crippen molar-refractivity contribution in [2.45, 2.75) is 32.4 Å². The second-order valence-electron chi connectivity index (χ2n) is 6.59. The van der Waals surface area contributed by atoms with Gasteiger partial charge in [-0.1, -0.05) is 0 Å². The molecule has 27 heavy (non-hydrogen) atoms. The van der Waals surface area contributed by atoms with Crippen LogP contribution in [0.2, 0.25) is 0 Å². The van der Waals surface area contributed by atoms with Gasteiger partial charge in [-0.25, -0.2) is 9.37 Å². The summed E-state index contributed by atoms with van der Waals surface area (Å²) >= 11 is 0. The van der Waals surface area contributed by atoms with Gasteiger partial charge in [0.25, 0.3) is 0 Å². The molecule has 1 atom stereocenters. The predicted octanol–water partition coefficient (Wildman–Crippen LogP) is 2.21. The van der Waals surface area contributed by atoms with Gasteiger partial charge in [0.2, 0.25) is 0 Å². The van der Waals surface area contributed by atoms with Crippen molar-refractivity contribution in [3.63, 3.8) is 0 Å². The van der Waals surface area contributed by atoms with E-state index in [1.165, 1.54) is 12.4 Å². The molecule has 7 nitrogen and oxygen atoms in total. The zero-order chi connectivity index (χ0) is 18.5. The average molecular weight is 487 g/mol. The van der Waals surface area contributed by atoms with Crippen molar-refractivity contribution in [1.29, 1.82) is 0 Å². The molecular weight excluding hydrogens is 460 g/mol. The van der Waals surface area contributed by atoms with Crippen molar-refractivity contribution >= 4 is 35.6 Å². The lowest BCUT2D eigenvalue weighted by atomic mass is 10.0. The van der Waals surface area contributed by atoms with E-state index in [9.17, 15) is 4.39 Å². The van der Waals surface area contributed by atoms with Gasteiger partial charge in [-0.05, 0) is 43.5 Å². The van der Waals surface area contributed by atoms with E-state index in [0.717, 1.165) is 49.0 Å². The minimum absolute atomic E-state index is 0. The standard InChI is InChI=1S/C18H26FN7.HI/c1-13-9-14(19)6-7-16(13)26-8-4-5-15(11-26)24-18(20-2)21-10-17-22-12-23-25(17)3;/h6-7,9,12,15H,4-5,8,10-11H2,1-3H3,(H2,20,21,24);1H. The van der Waals surface area contributed by atoms with Crippen molar-refractivity contribution < 1.29 is 4.39 Å². The summed E-state index contributed by atoms with van der Waals surface area (Å²) in [6.45, 7) is 4.35. The molecule has 148 valence electrons. The predicted molar refractivity (Wildman–Crippen MR) is 116 cm³/mol. The molecular formula is C18H27FIN7. The van der Waals surface area contributed by atoms with E-state index in [0.29, 0.717) is 6.54 Å². The Labute approximate surface area is 176 Å². The van der Waals surface area contributed by atoms with E-state index >= 15 is 0 Å². The summed E-state index contributed by atoms with van der Waals surface area (Å²) in [5, 5.41) is 10.8. The highest BCUT2D eigenvalue weighted by molar-refractivity contribution is 14.0. The lowest BCUT2D eigenvalue weighted by Crippen LogP contribution is -2.51. The van der Waals surface area contributed by atoms with Gasteiger partial charge in [-0.3, -0.25) is 9.67 Å². The number of nitrogens with zero attached hydrogens (tertiary/aromatic N) is 5. The molecule has 1 aliphatic heterocycles. The maximum atomic E-state index is 13.4. The van der Waals surface area contributed by atoms with Crippen LogP contribution in [-0.2, 0) is 13.6 Å². The summed E-state index contributed by atoms with van der Waals surface area (Å²) in [4.78, 5) is 10.8. The van der Waals surface area contributed by atoms with Gasteiger partial charge in [0.15, 0.2) is 5.96 Å². The van der Waals surface area contributed by atoms with Gasteiger partial charge < -0.3 is 15.5 Å². The van der Waals surface area contributed by atoms with Gasteiger partial charge in [0.1, 0.15) is 18.0 Å². The van der Waals surface area contributed by atoms with Gasteiger partial charge in [-0.2, -0.15) is 5.10 Å². The zero-order valence-electron chi connectivity index (χ0n) is 15.9. The van der Waals surface area contributed by atoms with Gasteiger partial charge >= 0.3 is 0 Å². The Morgan fingerprint density at radius 3 is 2.89 bits per heavy atom. The molecule has 2 N–H and O–H groups in total. The summed E-state index contributed by atoms with van der Waals surface area (Å²) in [5.41, 5.74) is 2.07. The van der Waals surface area contributed by atoms with Crippen molar-refractivity contribution in [1.82, 2.24) is 25.4 Å². The molecule has 1 aromatic carbocycles. The van der Waals surface area contributed by atoms with Crippen molar-refractivity contribution in [3.8, 4) is 0 Å². The summed E-state index contributed by atoms with van der Waals surface area (Å²) in [6.07, 6.45) is 3.69. The van der Waals surface area contributed by atoms with E-state index in [2.05, 4.69) is 30.6 Å². The summed E-state index contributed by atoms with van der Waals surface area (Å²) < 4.78 is 15.1. The fraction of sp³-hybridized carbons (Fsp3) is 0.500. The highest BCUT2D eigenvalue weighted by Gasteiger charge is 2.22. The molecule has 1 fully saturated rings. The second-order valence-corrected chi connectivity index (χ2v) is 6.59. The van der Waals surface area contributed by atoms with Gasteiger partial charge in [0.05, 0.1) is 6.54 Å². The van der Waals surface area contributed by atoms with Crippen molar-refractivity contribution in [2.75, 3.05) is 25.0 Å². The molecule has 0 spiro atoms. The number of halogens is 2. The Kier molecular flexibility index (Phi) is 7.81. The molecule has 0 saturated carbocycles. The molecule has 3 rings (SSSR count). The minimum atomic E-state index is -0.189. The lowest BCUT2D eigenvalue weighted by Gasteiger charge is -2.36. The summed E-state index contributed by atoms with van der Waals surface area (Å²) in [7, 11) is 3.63. The quantitative estimate of drug-likeness (QED) is 0.393. The fourth-order valence-corrected chi connectivity index (χ4v) is 3.32. The van der Waals surface area contributed by atoms with Gasteiger partial charge in [-0.15, -0.1) is 24.0 Å². The number of benzene rings is 1. The highest BCUT2D eigenvalue weighted by Crippen LogP contribution is 2.24. The Bertz CT molecular complexity index is 777. The third-order valence-electron chi connectivity index (χ3n) is 4.70. The fourth-order valence-electron chi connectivity index (χ4n) is 3.32. The maximum absolute atomic E-state index is 13.4. The largest absolute Gasteiger partial charge is 0.369 e. The number of hydrogen-bond acceptors (Lipinski definition) is 4. The number of rotatable bonds is 4.